The summed E-state index contributed by atoms with van der Waals surface area (Å²) in [6.45, 7) is 3.53. The van der Waals surface area contributed by atoms with E-state index in [0.717, 1.165) is 13.1 Å². The van der Waals surface area contributed by atoms with Crippen molar-refractivity contribution in [2.45, 2.75) is 38.6 Å². The number of hydrogen-bond donors (Lipinski definition) is 2. The molecular formula is C18H28N2O. The molecule has 2 aliphatic rings. The summed E-state index contributed by atoms with van der Waals surface area (Å²) in [4.78, 5) is 2.36. The minimum absolute atomic E-state index is 0.359. The van der Waals surface area contributed by atoms with Crippen molar-refractivity contribution < 1.29 is 5.11 Å². The number of nitrogens with one attached hydrogen (secondary N) is 1. The van der Waals surface area contributed by atoms with Gasteiger partial charge in [-0.3, -0.25) is 0 Å². The number of aryl methyl sites for hydroxylation is 1. The lowest BCUT2D eigenvalue weighted by atomic mass is 9.96. The maximum absolute atomic E-state index is 9.38. The number of fused-ring (bicyclic) bond motifs is 1. The first-order valence-corrected chi connectivity index (χ1v) is 8.42. The number of nitrogens with zero attached hydrogens (tertiary/aromatic N) is 1. The Bertz CT molecular complexity index is 474. The van der Waals surface area contributed by atoms with Crippen LogP contribution in [-0.4, -0.2) is 31.9 Å². The average molecular weight is 288 g/mol. The molecule has 1 aliphatic carbocycles. The van der Waals surface area contributed by atoms with Gasteiger partial charge in [0.05, 0.1) is 0 Å². The van der Waals surface area contributed by atoms with E-state index in [4.69, 9.17) is 0 Å². The van der Waals surface area contributed by atoms with Crippen LogP contribution in [0.2, 0.25) is 0 Å². The quantitative estimate of drug-likeness (QED) is 0.874. The van der Waals surface area contributed by atoms with Gasteiger partial charge in [-0.25, -0.2) is 0 Å². The maximum atomic E-state index is 9.38. The average Bonchev–Trinajstić information content (AvgIpc) is 2.95. The molecule has 21 heavy (non-hydrogen) atoms. The zero-order valence-corrected chi connectivity index (χ0v) is 13.1. The second kappa shape index (κ2) is 6.80. The highest BCUT2D eigenvalue weighted by atomic mass is 16.3. The molecule has 1 aliphatic heterocycles. The van der Waals surface area contributed by atoms with Crippen LogP contribution in [0.15, 0.2) is 18.2 Å². The van der Waals surface area contributed by atoms with E-state index in [-0.39, 0.29) is 0 Å². The van der Waals surface area contributed by atoms with Gasteiger partial charge in [-0.2, -0.15) is 0 Å². The summed E-state index contributed by atoms with van der Waals surface area (Å²) in [6.07, 6.45) is 6.23. The van der Waals surface area contributed by atoms with Crippen LogP contribution in [0.5, 0.6) is 0 Å². The first kappa shape index (κ1) is 14.9. The molecule has 3 rings (SSSR count). The first-order valence-electron chi connectivity index (χ1n) is 8.42. The fourth-order valence-corrected chi connectivity index (χ4v) is 3.97. The van der Waals surface area contributed by atoms with E-state index in [1.54, 1.807) is 0 Å². The molecule has 116 valence electrons. The predicted molar refractivity (Wildman–Crippen MR) is 87.7 cm³/mol. The molecule has 0 bridgehead atoms. The third-order valence-electron chi connectivity index (χ3n) is 5.28. The lowest BCUT2D eigenvalue weighted by Crippen LogP contribution is -2.27. The summed E-state index contributed by atoms with van der Waals surface area (Å²) in [5.41, 5.74) is 4.29. The van der Waals surface area contributed by atoms with E-state index in [1.807, 2.05) is 0 Å². The highest BCUT2D eigenvalue weighted by Crippen LogP contribution is 2.31. The van der Waals surface area contributed by atoms with Crippen molar-refractivity contribution in [1.29, 1.82) is 0 Å². The molecule has 0 aromatic heterocycles. The topological polar surface area (TPSA) is 35.5 Å². The molecule has 1 aromatic carbocycles. The second-order valence-corrected chi connectivity index (χ2v) is 6.75. The molecule has 1 aromatic rings. The summed E-state index contributed by atoms with van der Waals surface area (Å²) in [6, 6.07) is 6.90. The monoisotopic (exact) mass is 288 g/mol. The number of benzene rings is 1. The van der Waals surface area contributed by atoms with Crippen molar-refractivity contribution in [3.63, 3.8) is 0 Å². The van der Waals surface area contributed by atoms with Gasteiger partial charge in [-0.1, -0.05) is 18.6 Å². The minimum Gasteiger partial charge on any atom is -0.396 e. The number of anilines is 1. The van der Waals surface area contributed by atoms with Gasteiger partial charge in [0.15, 0.2) is 0 Å². The van der Waals surface area contributed by atoms with Crippen molar-refractivity contribution in [2.75, 3.05) is 31.6 Å². The maximum Gasteiger partial charge on any atom is 0.0462 e. The molecule has 0 radical (unpaired) electrons. The molecule has 2 N–H and O–H groups in total. The molecular weight excluding hydrogens is 260 g/mol. The van der Waals surface area contributed by atoms with Crippen molar-refractivity contribution in [2.24, 2.45) is 11.8 Å². The number of aliphatic hydroxyl groups excluding tert-OH is 1. The summed E-state index contributed by atoms with van der Waals surface area (Å²) >= 11 is 0. The number of aliphatic hydroxyl groups is 1. The second-order valence-electron chi connectivity index (χ2n) is 6.75. The van der Waals surface area contributed by atoms with Crippen molar-refractivity contribution >= 4 is 5.69 Å². The van der Waals surface area contributed by atoms with Gasteiger partial charge < -0.3 is 15.3 Å². The highest BCUT2D eigenvalue weighted by Gasteiger charge is 2.25. The van der Waals surface area contributed by atoms with Crippen molar-refractivity contribution in [3.05, 3.63) is 29.3 Å². The third kappa shape index (κ3) is 3.41. The van der Waals surface area contributed by atoms with Gasteiger partial charge in [0, 0.05) is 32.4 Å². The Hall–Kier alpha value is -1.06. The Morgan fingerprint density at radius 1 is 1.24 bits per heavy atom. The molecule has 3 nitrogen and oxygen atoms in total. The van der Waals surface area contributed by atoms with Crippen LogP contribution in [-0.2, 0) is 13.0 Å². The van der Waals surface area contributed by atoms with E-state index in [9.17, 15) is 5.11 Å². The van der Waals surface area contributed by atoms with Gasteiger partial charge >= 0.3 is 0 Å². The predicted octanol–water partition coefficient (Wildman–Crippen LogP) is 2.57. The fourth-order valence-electron chi connectivity index (χ4n) is 3.97. The number of hydrogen-bond acceptors (Lipinski definition) is 3. The van der Waals surface area contributed by atoms with Crippen LogP contribution >= 0.6 is 0 Å². The lowest BCUT2D eigenvalue weighted by Gasteiger charge is -2.28. The Labute approximate surface area is 128 Å². The van der Waals surface area contributed by atoms with E-state index >= 15 is 0 Å². The molecule has 1 saturated carbocycles. The Kier molecular flexibility index (Phi) is 4.81. The third-order valence-corrected chi connectivity index (χ3v) is 5.28. The fraction of sp³-hybridized carbons (Fsp3) is 0.667. The molecule has 2 unspecified atom stereocenters. The SMILES string of the molecule is CN1CCCc2cc(CNCC3CCCC3CO)ccc21. The zero-order chi connectivity index (χ0) is 14.7. The Morgan fingerprint density at radius 2 is 2.10 bits per heavy atom. The molecule has 0 saturated heterocycles. The van der Waals surface area contributed by atoms with Crippen LogP contribution in [0.25, 0.3) is 0 Å². The summed E-state index contributed by atoms with van der Waals surface area (Å²) < 4.78 is 0. The van der Waals surface area contributed by atoms with Crippen molar-refractivity contribution in [3.8, 4) is 0 Å². The molecule has 1 fully saturated rings. The standard InChI is InChI=1S/C18H28N2O/c1-20-9-3-6-15-10-14(7-8-18(15)20)11-19-12-16-4-2-5-17(16)13-21/h7-8,10,16-17,19,21H,2-6,9,11-13H2,1H3. The van der Waals surface area contributed by atoms with E-state index in [2.05, 4.69) is 35.5 Å². The van der Waals surface area contributed by atoms with Gasteiger partial charge in [0.25, 0.3) is 0 Å². The van der Waals surface area contributed by atoms with E-state index in [0.29, 0.717) is 18.4 Å². The van der Waals surface area contributed by atoms with Crippen LogP contribution in [0.4, 0.5) is 5.69 Å². The van der Waals surface area contributed by atoms with Gasteiger partial charge in [0.2, 0.25) is 0 Å². The minimum atomic E-state index is 0.359. The van der Waals surface area contributed by atoms with Gasteiger partial charge in [0.1, 0.15) is 0 Å². The smallest absolute Gasteiger partial charge is 0.0462 e. The Morgan fingerprint density at radius 3 is 2.95 bits per heavy atom. The molecule has 2 atom stereocenters. The van der Waals surface area contributed by atoms with Crippen molar-refractivity contribution in [1.82, 2.24) is 5.32 Å². The largest absolute Gasteiger partial charge is 0.396 e. The Balaban J connectivity index is 1.54. The highest BCUT2D eigenvalue weighted by molar-refractivity contribution is 5.56. The van der Waals surface area contributed by atoms with Crippen LogP contribution < -0.4 is 10.2 Å². The van der Waals surface area contributed by atoms with Crippen LogP contribution in [0.1, 0.15) is 36.8 Å². The van der Waals surface area contributed by atoms with Gasteiger partial charge in [-0.15, -0.1) is 0 Å². The summed E-state index contributed by atoms with van der Waals surface area (Å²) in [7, 11) is 2.19. The van der Waals surface area contributed by atoms with Crippen LogP contribution in [0.3, 0.4) is 0 Å². The summed E-state index contributed by atoms with van der Waals surface area (Å²) in [5.74, 6) is 1.19. The van der Waals surface area contributed by atoms with E-state index < -0.39 is 0 Å². The molecule has 0 spiro atoms. The molecule has 3 heteroatoms. The first-order chi connectivity index (χ1) is 10.3. The lowest BCUT2D eigenvalue weighted by molar-refractivity contribution is 0.192. The molecule has 1 heterocycles. The normalized spacial score (nSPS) is 25.1. The van der Waals surface area contributed by atoms with E-state index in [1.165, 1.54) is 55.5 Å². The van der Waals surface area contributed by atoms with Crippen LogP contribution in [0, 0.1) is 11.8 Å². The molecule has 0 amide bonds. The zero-order valence-electron chi connectivity index (χ0n) is 13.1. The summed E-state index contributed by atoms with van der Waals surface area (Å²) in [5, 5.41) is 13.0. The van der Waals surface area contributed by atoms with Gasteiger partial charge in [-0.05, 0) is 61.3 Å². The number of rotatable bonds is 5.